The molecule has 2 unspecified atom stereocenters. The highest BCUT2D eigenvalue weighted by molar-refractivity contribution is 5.69. The van der Waals surface area contributed by atoms with Gasteiger partial charge in [0, 0.05) is 31.7 Å². The summed E-state index contributed by atoms with van der Waals surface area (Å²) in [4.78, 5) is 14.5. The lowest BCUT2D eigenvalue weighted by Crippen LogP contribution is -2.61. The van der Waals surface area contributed by atoms with Crippen molar-refractivity contribution in [3.8, 4) is 0 Å². The highest BCUT2D eigenvalue weighted by Gasteiger charge is 2.49. The van der Waals surface area contributed by atoms with E-state index in [1.165, 1.54) is 0 Å². The molecule has 0 spiro atoms. The Hall–Kier alpha value is -0.850. The van der Waals surface area contributed by atoms with Crippen LogP contribution >= 0.6 is 0 Å². The number of piperidine rings is 2. The van der Waals surface area contributed by atoms with Crippen LogP contribution in [0.15, 0.2) is 0 Å². The van der Waals surface area contributed by atoms with Gasteiger partial charge in [-0.3, -0.25) is 0 Å². The summed E-state index contributed by atoms with van der Waals surface area (Å²) in [5, 5.41) is 11.2. The molecule has 2 heterocycles. The SMILES string of the molecule is CCOC(CC1(O)CC2CCCC(C1)N2C(=O)OC(C)(C)C)OCC. The average Bonchev–Trinajstić information content (AvgIpc) is 2.44. The molecule has 146 valence electrons. The topological polar surface area (TPSA) is 68.2 Å². The predicted molar refractivity (Wildman–Crippen MR) is 95.3 cm³/mol. The molecule has 2 fully saturated rings. The van der Waals surface area contributed by atoms with Crippen molar-refractivity contribution in [1.29, 1.82) is 0 Å². The maximum absolute atomic E-state index is 12.6. The summed E-state index contributed by atoms with van der Waals surface area (Å²) >= 11 is 0. The fraction of sp³-hybridized carbons (Fsp3) is 0.947. The van der Waals surface area contributed by atoms with Crippen LogP contribution in [0.1, 0.15) is 73.1 Å². The van der Waals surface area contributed by atoms with Gasteiger partial charge in [0.15, 0.2) is 6.29 Å². The fourth-order valence-electron chi connectivity index (χ4n) is 4.15. The molecule has 0 aliphatic carbocycles. The van der Waals surface area contributed by atoms with E-state index in [2.05, 4.69) is 0 Å². The number of nitrogens with zero attached hydrogens (tertiary/aromatic N) is 1. The van der Waals surface area contributed by atoms with Gasteiger partial charge in [-0.15, -0.1) is 0 Å². The molecule has 0 aromatic heterocycles. The molecule has 0 saturated carbocycles. The van der Waals surface area contributed by atoms with Crippen LogP contribution in [0.5, 0.6) is 0 Å². The van der Waals surface area contributed by atoms with Crippen LogP contribution in [0.25, 0.3) is 0 Å². The minimum absolute atomic E-state index is 0.0243. The number of hydrogen-bond donors (Lipinski definition) is 1. The zero-order chi connectivity index (χ0) is 18.7. The third kappa shape index (κ3) is 5.56. The second kappa shape index (κ2) is 8.23. The quantitative estimate of drug-likeness (QED) is 0.737. The van der Waals surface area contributed by atoms with E-state index in [0.717, 1.165) is 19.3 Å². The van der Waals surface area contributed by atoms with Crippen molar-refractivity contribution in [3.63, 3.8) is 0 Å². The number of carbonyl (C=O) groups excluding carboxylic acids is 1. The Bertz CT molecular complexity index is 428. The van der Waals surface area contributed by atoms with E-state index in [1.54, 1.807) is 0 Å². The van der Waals surface area contributed by atoms with Crippen LogP contribution in [0.2, 0.25) is 0 Å². The molecule has 0 aromatic rings. The van der Waals surface area contributed by atoms with Gasteiger partial charge in [0.1, 0.15) is 5.60 Å². The van der Waals surface area contributed by atoms with E-state index < -0.39 is 17.5 Å². The summed E-state index contributed by atoms with van der Waals surface area (Å²) in [7, 11) is 0. The van der Waals surface area contributed by atoms with E-state index in [-0.39, 0.29) is 18.2 Å². The van der Waals surface area contributed by atoms with Crippen LogP contribution < -0.4 is 0 Å². The summed E-state index contributed by atoms with van der Waals surface area (Å²) in [6, 6.07) is 0.0486. The molecule has 2 aliphatic rings. The monoisotopic (exact) mass is 357 g/mol. The minimum Gasteiger partial charge on any atom is -0.444 e. The van der Waals surface area contributed by atoms with E-state index in [1.807, 2.05) is 39.5 Å². The summed E-state index contributed by atoms with van der Waals surface area (Å²) in [6.45, 7) is 10.6. The number of amides is 1. The molecular formula is C19H35NO5. The van der Waals surface area contributed by atoms with Crippen molar-refractivity contribution in [2.24, 2.45) is 0 Å². The van der Waals surface area contributed by atoms with Gasteiger partial charge in [0.2, 0.25) is 0 Å². The van der Waals surface area contributed by atoms with Crippen molar-refractivity contribution in [1.82, 2.24) is 4.90 Å². The first-order chi connectivity index (χ1) is 11.7. The molecule has 0 radical (unpaired) electrons. The number of ether oxygens (including phenoxy) is 3. The van der Waals surface area contributed by atoms with Gasteiger partial charge in [-0.05, 0) is 66.7 Å². The van der Waals surface area contributed by atoms with Crippen LogP contribution in [-0.2, 0) is 14.2 Å². The lowest BCUT2D eigenvalue weighted by atomic mass is 9.74. The summed E-state index contributed by atoms with van der Waals surface area (Å²) in [5.74, 6) is 0. The normalized spacial score (nSPS) is 29.8. The molecule has 25 heavy (non-hydrogen) atoms. The van der Waals surface area contributed by atoms with Crippen LogP contribution in [0, 0.1) is 0 Å². The molecule has 0 aromatic carbocycles. The standard InChI is InChI=1S/C19H35NO5/c1-6-23-16(24-7-2)13-19(22)11-14-9-8-10-15(12-19)20(14)17(21)25-18(3,4)5/h14-16,22H,6-13H2,1-5H3. The molecule has 2 bridgehead atoms. The van der Waals surface area contributed by atoms with E-state index in [4.69, 9.17) is 14.2 Å². The van der Waals surface area contributed by atoms with Gasteiger partial charge < -0.3 is 24.2 Å². The highest BCUT2D eigenvalue weighted by Crippen LogP contribution is 2.42. The summed E-state index contributed by atoms with van der Waals surface area (Å²) < 4.78 is 16.8. The van der Waals surface area contributed by atoms with Gasteiger partial charge >= 0.3 is 6.09 Å². The highest BCUT2D eigenvalue weighted by atomic mass is 16.7. The van der Waals surface area contributed by atoms with Crippen molar-refractivity contribution in [2.45, 2.75) is 103 Å². The van der Waals surface area contributed by atoms with E-state index >= 15 is 0 Å². The fourth-order valence-corrected chi connectivity index (χ4v) is 4.15. The lowest BCUT2D eigenvalue weighted by molar-refractivity contribution is -0.186. The lowest BCUT2D eigenvalue weighted by Gasteiger charge is -2.52. The number of rotatable bonds is 6. The summed E-state index contributed by atoms with van der Waals surface area (Å²) in [6.07, 6.45) is 3.82. The van der Waals surface area contributed by atoms with Crippen molar-refractivity contribution in [3.05, 3.63) is 0 Å². The summed E-state index contributed by atoms with van der Waals surface area (Å²) in [5.41, 5.74) is -1.36. The second-order valence-electron chi connectivity index (χ2n) is 8.30. The second-order valence-corrected chi connectivity index (χ2v) is 8.30. The first-order valence-corrected chi connectivity index (χ1v) is 9.64. The predicted octanol–water partition coefficient (Wildman–Crippen LogP) is 3.46. The van der Waals surface area contributed by atoms with Crippen LogP contribution in [0.3, 0.4) is 0 Å². The third-order valence-corrected chi connectivity index (χ3v) is 4.95. The van der Waals surface area contributed by atoms with Gasteiger partial charge in [0.05, 0.1) is 5.60 Å². The Balaban J connectivity index is 2.07. The molecule has 1 amide bonds. The van der Waals surface area contributed by atoms with Gasteiger partial charge in [-0.25, -0.2) is 4.79 Å². The van der Waals surface area contributed by atoms with Crippen molar-refractivity contribution >= 4 is 6.09 Å². The first kappa shape index (κ1) is 20.5. The Labute approximate surface area is 151 Å². The largest absolute Gasteiger partial charge is 0.444 e. The maximum atomic E-state index is 12.6. The molecule has 6 nitrogen and oxygen atoms in total. The molecule has 2 aliphatic heterocycles. The van der Waals surface area contributed by atoms with E-state index in [0.29, 0.717) is 32.5 Å². The number of fused-ring (bicyclic) bond motifs is 2. The zero-order valence-corrected chi connectivity index (χ0v) is 16.4. The Morgan fingerprint density at radius 1 is 1.16 bits per heavy atom. The molecule has 2 rings (SSSR count). The Morgan fingerprint density at radius 2 is 1.68 bits per heavy atom. The Morgan fingerprint density at radius 3 is 2.12 bits per heavy atom. The number of carbonyl (C=O) groups is 1. The average molecular weight is 357 g/mol. The number of aliphatic hydroxyl groups is 1. The van der Waals surface area contributed by atoms with Crippen molar-refractivity contribution in [2.75, 3.05) is 13.2 Å². The van der Waals surface area contributed by atoms with Gasteiger partial charge in [-0.2, -0.15) is 0 Å². The number of hydrogen-bond acceptors (Lipinski definition) is 5. The zero-order valence-electron chi connectivity index (χ0n) is 16.4. The van der Waals surface area contributed by atoms with E-state index in [9.17, 15) is 9.90 Å². The molecule has 6 heteroatoms. The van der Waals surface area contributed by atoms with Crippen LogP contribution in [0.4, 0.5) is 4.79 Å². The molecule has 2 saturated heterocycles. The smallest absolute Gasteiger partial charge is 0.410 e. The third-order valence-electron chi connectivity index (χ3n) is 4.95. The van der Waals surface area contributed by atoms with Gasteiger partial charge in [-0.1, -0.05) is 0 Å². The van der Waals surface area contributed by atoms with Crippen LogP contribution in [-0.4, -0.2) is 58.9 Å². The molecule has 1 N–H and O–H groups in total. The Kier molecular flexibility index (Phi) is 6.74. The maximum Gasteiger partial charge on any atom is 0.410 e. The van der Waals surface area contributed by atoms with Crippen molar-refractivity contribution < 1.29 is 24.1 Å². The first-order valence-electron chi connectivity index (χ1n) is 9.64. The van der Waals surface area contributed by atoms with Gasteiger partial charge in [0.25, 0.3) is 0 Å². The molecule has 2 atom stereocenters. The minimum atomic E-state index is -0.858. The molecular weight excluding hydrogens is 322 g/mol.